The molecule has 0 radical (unpaired) electrons. The molecule has 0 saturated carbocycles. The van der Waals surface area contributed by atoms with Crippen molar-refractivity contribution >= 4 is 5.97 Å². The molecule has 0 unspecified atom stereocenters. The lowest BCUT2D eigenvalue weighted by Gasteiger charge is -2.12. The summed E-state index contributed by atoms with van der Waals surface area (Å²) < 4.78 is 2.00. The van der Waals surface area contributed by atoms with Crippen LogP contribution in [0.5, 0.6) is 0 Å². The number of carboxylic acid groups (broad SMARTS) is 1. The molecule has 4 heteroatoms. The molecule has 0 aliphatic heterocycles. The van der Waals surface area contributed by atoms with Crippen LogP contribution in [0.2, 0.25) is 0 Å². The van der Waals surface area contributed by atoms with Gasteiger partial charge >= 0.3 is 5.97 Å². The monoisotopic (exact) mass is 334 g/mol. The fourth-order valence-electron chi connectivity index (χ4n) is 3.11. The van der Waals surface area contributed by atoms with Gasteiger partial charge in [0.05, 0.1) is 17.8 Å². The standard InChI is InChI=1S/C21H22N2O2/c1-3-7-20-22-15(2)19(14-21(24)25)23(20)18-12-10-17(11-13-18)16-8-5-4-6-9-16/h4-6,8-13H,3,7,14H2,1-2H3,(H,24,25). The second-order valence-electron chi connectivity index (χ2n) is 6.13. The third kappa shape index (κ3) is 3.63. The molecule has 0 aliphatic carbocycles. The summed E-state index contributed by atoms with van der Waals surface area (Å²) >= 11 is 0. The highest BCUT2D eigenvalue weighted by atomic mass is 16.4. The first kappa shape index (κ1) is 17.0. The van der Waals surface area contributed by atoms with Gasteiger partial charge in [-0.3, -0.25) is 9.36 Å². The zero-order chi connectivity index (χ0) is 17.8. The van der Waals surface area contributed by atoms with Crippen molar-refractivity contribution < 1.29 is 9.90 Å². The number of aliphatic carboxylic acids is 1. The fourth-order valence-corrected chi connectivity index (χ4v) is 3.11. The third-order valence-electron chi connectivity index (χ3n) is 4.27. The number of hydrogen-bond acceptors (Lipinski definition) is 2. The molecule has 0 aliphatic rings. The van der Waals surface area contributed by atoms with E-state index in [0.717, 1.165) is 46.9 Å². The minimum Gasteiger partial charge on any atom is -0.481 e. The Hall–Kier alpha value is -2.88. The second kappa shape index (κ2) is 7.34. The van der Waals surface area contributed by atoms with Gasteiger partial charge in [0.25, 0.3) is 0 Å². The van der Waals surface area contributed by atoms with Gasteiger partial charge in [-0.25, -0.2) is 4.98 Å². The van der Waals surface area contributed by atoms with Crippen molar-refractivity contribution in [2.24, 2.45) is 0 Å². The highest BCUT2D eigenvalue weighted by molar-refractivity contribution is 5.70. The summed E-state index contributed by atoms with van der Waals surface area (Å²) in [5.74, 6) is 0.0805. The summed E-state index contributed by atoms with van der Waals surface area (Å²) in [5.41, 5.74) is 4.80. The number of imidazole rings is 1. The van der Waals surface area contributed by atoms with Gasteiger partial charge in [0, 0.05) is 12.1 Å². The van der Waals surface area contributed by atoms with Crippen LogP contribution in [-0.2, 0) is 17.6 Å². The van der Waals surface area contributed by atoms with E-state index in [9.17, 15) is 9.90 Å². The Labute approximate surface area is 147 Å². The fraction of sp³-hybridized carbons (Fsp3) is 0.238. The molecule has 1 heterocycles. The normalized spacial score (nSPS) is 10.8. The maximum atomic E-state index is 11.3. The van der Waals surface area contributed by atoms with Gasteiger partial charge in [-0.2, -0.15) is 0 Å². The van der Waals surface area contributed by atoms with E-state index in [1.54, 1.807) is 0 Å². The van der Waals surface area contributed by atoms with Crippen LogP contribution in [0.1, 0.15) is 30.6 Å². The Morgan fingerprint density at radius 3 is 2.28 bits per heavy atom. The first-order valence-electron chi connectivity index (χ1n) is 8.55. The van der Waals surface area contributed by atoms with Crippen LogP contribution in [0.15, 0.2) is 54.6 Å². The number of carboxylic acids is 1. The van der Waals surface area contributed by atoms with Crippen LogP contribution in [-0.4, -0.2) is 20.6 Å². The summed E-state index contributed by atoms with van der Waals surface area (Å²) in [6, 6.07) is 18.4. The Bertz CT molecular complexity index is 865. The van der Waals surface area contributed by atoms with Crippen LogP contribution >= 0.6 is 0 Å². The van der Waals surface area contributed by atoms with Gasteiger partial charge in [0.1, 0.15) is 5.82 Å². The largest absolute Gasteiger partial charge is 0.481 e. The van der Waals surface area contributed by atoms with Crippen molar-refractivity contribution in [1.29, 1.82) is 0 Å². The average molecular weight is 334 g/mol. The van der Waals surface area contributed by atoms with Gasteiger partial charge in [0.2, 0.25) is 0 Å². The minimum absolute atomic E-state index is 0.0248. The van der Waals surface area contributed by atoms with Crippen LogP contribution in [0, 0.1) is 6.92 Å². The predicted molar refractivity (Wildman–Crippen MR) is 99.1 cm³/mol. The Kier molecular flexibility index (Phi) is 4.98. The van der Waals surface area contributed by atoms with Crippen molar-refractivity contribution in [3.8, 4) is 16.8 Å². The van der Waals surface area contributed by atoms with Crippen molar-refractivity contribution in [3.63, 3.8) is 0 Å². The van der Waals surface area contributed by atoms with Gasteiger partial charge in [0.15, 0.2) is 0 Å². The molecule has 3 rings (SSSR count). The molecule has 1 aromatic heterocycles. The number of rotatable bonds is 6. The molecule has 0 spiro atoms. The number of aromatic nitrogens is 2. The van der Waals surface area contributed by atoms with Crippen molar-refractivity contribution in [2.75, 3.05) is 0 Å². The van der Waals surface area contributed by atoms with Crippen molar-refractivity contribution in [2.45, 2.75) is 33.1 Å². The number of nitrogens with zero attached hydrogens (tertiary/aromatic N) is 2. The molecule has 0 fully saturated rings. The maximum absolute atomic E-state index is 11.3. The molecule has 0 saturated heterocycles. The van der Waals surface area contributed by atoms with E-state index in [1.807, 2.05) is 41.8 Å². The highest BCUT2D eigenvalue weighted by Crippen LogP contribution is 2.24. The van der Waals surface area contributed by atoms with E-state index < -0.39 is 5.97 Å². The lowest BCUT2D eigenvalue weighted by atomic mass is 10.1. The lowest BCUT2D eigenvalue weighted by Crippen LogP contribution is -2.10. The molecule has 4 nitrogen and oxygen atoms in total. The number of benzene rings is 2. The molecule has 25 heavy (non-hydrogen) atoms. The summed E-state index contributed by atoms with van der Waals surface area (Å²) in [4.78, 5) is 15.9. The molecule has 0 amide bonds. The Balaban J connectivity index is 2.04. The zero-order valence-electron chi connectivity index (χ0n) is 14.6. The summed E-state index contributed by atoms with van der Waals surface area (Å²) in [5, 5.41) is 9.25. The molecular formula is C21H22N2O2. The minimum atomic E-state index is -0.840. The van der Waals surface area contributed by atoms with Gasteiger partial charge < -0.3 is 5.11 Å². The Morgan fingerprint density at radius 2 is 1.68 bits per heavy atom. The highest BCUT2D eigenvalue weighted by Gasteiger charge is 2.17. The first-order valence-corrected chi connectivity index (χ1v) is 8.55. The zero-order valence-corrected chi connectivity index (χ0v) is 14.6. The van der Waals surface area contributed by atoms with Gasteiger partial charge in [-0.1, -0.05) is 49.4 Å². The number of aryl methyl sites for hydroxylation is 2. The van der Waals surface area contributed by atoms with E-state index in [-0.39, 0.29) is 6.42 Å². The quantitative estimate of drug-likeness (QED) is 0.725. The molecular weight excluding hydrogens is 312 g/mol. The van der Waals surface area contributed by atoms with Crippen LogP contribution in [0.25, 0.3) is 16.8 Å². The van der Waals surface area contributed by atoms with Crippen LogP contribution < -0.4 is 0 Å². The van der Waals surface area contributed by atoms with E-state index in [1.165, 1.54) is 0 Å². The predicted octanol–water partition coefficient (Wildman–Crippen LogP) is 4.43. The third-order valence-corrected chi connectivity index (χ3v) is 4.27. The van der Waals surface area contributed by atoms with Gasteiger partial charge in [-0.05, 0) is 36.6 Å². The summed E-state index contributed by atoms with van der Waals surface area (Å²) in [6.07, 6.45) is 1.76. The second-order valence-corrected chi connectivity index (χ2v) is 6.13. The smallest absolute Gasteiger partial charge is 0.309 e. The molecule has 128 valence electrons. The molecule has 3 aromatic rings. The van der Waals surface area contributed by atoms with E-state index in [4.69, 9.17) is 0 Å². The van der Waals surface area contributed by atoms with E-state index in [0.29, 0.717) is 0 Å². The lowest BCUT2D eigenvalue weighted by molar-refractivity contribution is -0.136. The van der Waals surface area contributed by atoms with Gasteiger partial charge in [-0.15, -0.1) is 0 Å². The van der Waals surface area contributed by atoms with Crippen LogP contribution in [0.4, 0.5) is 0 Å². The SMILES string of the molecule is CCCc1nc(C)c(CC(=O)O)n1-c1ccc(-c2ccccc2)cc1. The topological polar surface area (TPSA) is 55.1 Å². The summed E-state index contributed by atoms with van der Waals surface area (Å²) in [6.45, 7) is 3.98. The Morgan fingerprint density at radius 1 is 1.04 bits per heavy atom. The summed E-state index contributed by atoms with van der Waals surface area (Å²) in [7, 11) is 0. The average Bonchev–Trinajstić information content (AvgIpc) is 2.91. The van der Waals surface area contributed by atoms with E-state index >= 15 is 0 Å². The number of hydrogen-bond donors (Lipinski definition) is 1. The van der Waals surface area contributed by atoms with Crippen LogP contribution in [0.3, 0.4) is 0 Å². The van der Waals surface area contributed by atoms with E-state index in [2.05, 4.69) is 36.2 Å². The molecule has 0 atom stereocenters. The number of carbonyl (C=O) groups is 1. The molecule has 0 bridgehead atoms. The molecule has 1 N–H and O–H groups in total. The van der Waals surface area contributed by atoms with Crippen molar-refractivity contribution in [3.05, 3.63) is 71.8 Å². The van der Waals surface area contributed by atoms with Crippen molar-refractivity contribution in [1.82, 2.24) is 9.55 Å². The maximum Gasteiger partial charge on any atom is 0.309 e. The molecule has 2 aromatic carbocycles. The first-order chi connectivity index (χ1) is 12.1.